The van der Waals surface area contributed by atoms with E-state index in [0.29, 0.717) is 0 Å². The summed E-state index contributed by atoms with van der Waals surface area (Å²) in [6.45, 7) is 6.29. The summed E-state index contributed by atoms with van der Waals surface area (Å²) in [7, 11) is 0. The van der Waals surface area contributed by atoms with Gasteiger partial charge >= 0.3 is 0 Å². The summed E-state index contributed by atoms with van der Waals surface area (Å²) < 4.78 is 0. The second kappa shape index (κ2) is 4.45. The van der Waals surface area contributed by atoms with Gasteiger partial charge in [0.25, 0.3) is 0 Å². The van der Waals surface area contributed by atoms with Gasteiger partial charge in [0.15, 0.2) is 0 Å². The van der Waals surface area contributed by atoms with Crippen molar-refractivity contribution in [1.29, 1.82) is 0 Å². The predicted molar refractivity (Wildman–Crippen MR) is 56.7 cm³/mol. The lowest BCUT2D eigenvalue weighted by Crippen LogP contribution is -2.29. The van der Waals surface area contributed by atoms with Crippen molar-refractivity contribution in [2.45, 2.75) is 65.4 Å². The fourth-order valence-electron chi connectivity index (χ4n) is 2.31. The van der Waals surface area contributed by atoms with Gasteiger partial charge in [-0.1, -0.05) is 46.0 Å². The summed E-state index contributed by atoms with van der Waals surface area (Å²) in [6.07, 6.45) is 8.03. The molecule has 0 heterocycles. The Kier molecular flexibility index (Phi) is 3.78. The van der Waals surface area contributed by atoms with Crippen LogP contribution < -0.4 is 0 Å². The lowest BCUT2D eigenvalue weighted by molar-refractivity contribution is 0.0416. The van der Waals surface area contributed by atoms with Crippen LogP contribution in [0.5, 0.6) is 0 Å². The van der Waals surface area contributed by atoms with Crippen LogP contribution in [0, 0.1) is 11.3 Å². The van der Waals surface area contributed by atoms with Crippen LogP contribution in [0.4, 0.5) is 0 Å². The van der Waals surface area contributed by atoms with E-state index in [1.54, 1.807) is 0 Å². The molecule has 1 N–H and O–H groups in total. The lowest BCUT2D eigenvalue weighted by atomic mass is 9.74. The summed E-state index contributed by atoms with van der Waals surface area (Å²) in [5.41, 5.74) is 0.113. The molecular weight excluding hydrogens is 160 g/mol. The maximum Gasteiger partial charge on any atom is 0.0563 e. The van der Waals surface area contributed by atoms with Crippen LogP contribution in [0.1, 0.15) is 59.3 Å². The van der Waals surface area contributed by atoms with Gasteiger partial charge in [-0.25, -0.2) is 0 Å². The Morgan fingerprint density at radius 3 is 2.23 bits per heavy atom. The van der Waals surface area contributed by atoms with Gasteiger partial charge in [0.1, 0.15) is 0 Å². The van der Waals surface area contributed by atoms with Crippen molar-refractivity contribution in [3.8, 4) is 0 Å². The molecule has 78 valence electrons. The molecule has 0 amide bonds. The van der Waals surface area contributed by atoms with E-state index >= 15 is 0 Å². The fourth-order valence-corrected chi connectivity index (χ4v) is 2.31. The average Bonchev–Trinajstić information content (AvgIpc) is 2.05. The fraction of sp³-hybridized carbons (Fsp3) is 1.00. The molecule has 1 heteroatoms. The SMILES string of the molecule is CC(O)C(C)(C)CC1CCCCC1. The molecule has 0 aromatic rings. The van der Waals surface area contributed by atoms with Crippen LogP contribution in [0.2, 0.25) is 0 Å². The quantitative estimate of drug-likeness (QED) is 0.713. The summed E-state index contributed by atoms with van der Waals surface area (Å²) in [4.78, 5) is 0. The zero-order chi connectivity index (χ0) is 9.90. The number of aliphatic hydroxyl groups excluding tert-OH is 1. The molecular formula is C12H24O. The van der Waals surface area contributed by atoms with Crippen molar-refractivity contribution in [2.75, 3.05) is 0 Å². The highest BCUT2D eigenvalue weighted by Crippen LogP contribution is 2.36. The minimum absolute atomic E-state index is 0.113. The third kappa shape index (κ3) is 3.30. The highest BCUT2D eigenvalue weighted by molar-refractivity contribution is 4.79. The van der Waals surface area contributed by atoms with E-state index in [9.17, 15) is 5.11 Å². The van der Waals surface area contributed by atoms with Crippen molar-refractivity contribution >= 4 is 0 Å². The smallest absolute Gasteiger partial charge is 0.0563 e. The first-order valence-corrected chi connectivity index (χ1v) is 5.70. The molecule has 0 saturated heterocycles. The van der Waals surface area contributed by atoms with Gasteiger partial charge in [0.2, 0.25) is 0 Å². The molecule has 0 aliphatic heterocycles. The normalized spacial score (nSPS) is 23.1. The molecule has 1 fully saturated rings. The maximum absolute atomic E-state index is 9.61. The van der Waals surface area contributed by atoms with Crippen LogP contribution in [0.25, 0.3) is 0 Å². The molecule has 1 aliphatic carbocycles. The monoisotopic (exact) mass is 184 g/mol. The third-order valence-electron chi connectivity index (χ3n) is 3.67. The Morgan fingerprint density at radius 1 is 1.23 bits per heavy atom. The largest absolute Gasteiger partial charge is 0.393 e. The maximum atomic E-state index is 9.61. The van der Waals surface area contributed by atoms with E-state index in [1.807, 2.05) is 6.92 Å². The predicted octanol–water partition coefficient (Wildman–Crippen LogP) is 3.36. The third-order valence-corrected chi connectivity index (χ3v) is 3.67. The van der Waals surface area contributed by atoms with E-state index < -0.39 is 0 Å². The van der Waals surface area contributed by atoms with Gasteiger partial charge in [0, 0.05) is 0 Å². The molecule has 1 unspecified atom stereocenters. The highest BCUT2D eigenvalue weighted by atomic mass is 16.3. The first-order valence-electron chi connectivity index (χ1n) is 5.70. The Bertz CT molecular complexity index is 143. The molecule has 0 radical (unpaired) electrons. The molecule has 0 bridgehead atoms. The molecule has 1 nitrogen and oxygen atoms in total. The van der Waals surface area contributed by atoms with Crippen LogP contribution >= 0.6 is 0 Å². The standard InChI is InChI=1S/C12H24O/c1-10(13)12(2,3)9-11-7-5-4-6-8-11/h10-11,13H,4-9H2,1-3H3. The Morgan fingerprint density at radius 2 is 1.77 bits per heavy atom. The highest BCUT2D eigenvalue weighted by Gasteiger charge is 2.28. The number of hydrogen-bond donors (Lipinski definition) is 1. The van der Waals surface area contributed by atoms with Gasteiger partial charge in [-0.05, 0) is 24.7 Å². The number of aliphatic hydroxyl groups is 1. The van der Waals surface area contributed by atoms with Gasteiger partial charge in [-0.3, -0.25) is 0 Å². The molecule has 13 heavy (non-hydrogen) atoms. The second-order valence-corrected chi connectivity index (χ2v) is 5.37. The molecule has 1 rings (SSSR count). The average molecular weight is 184 g/mol. The Labute approximate surface area is 82.5 Å². The number of rotatable bonds is 3. The first kappa shape index (κ1) is 11.0. The van der Waals surface area contributed by atoms with Crippen molar-refractivity contribution in [1.82, 2.24) is 0 Å². The zero-order valence-electron chi connectivity index (χ0n) is 9.34. The molecule has 0 spiro atoms. The van der Waals surface area contributed by atoms with E-state index in [2.05, 4.69) is 13.8 Å². The van der Waals surface area contributed by atoms with Gasteiger partial charge < -0.3 is 5.11 Å². The minimum Gasteiger partial charge on any atom is -0.393 e. The van der Waals surface area contributed by atoms with Crippen molar-refractivity contribution in [3.63, 3.8) is 0 Å². The van der Waals surface area contributed by atoms with Gasteiger partial charge in [0.05, 0.1) is 6.10 Å². The second-order valence-electron chi connectivity index (χ2n) is 5.37. The van der Waals surface area contributed by atoms with Crippen LogP contribution in [-0.4, -0.2) is 11.2 Å². The Balaban J connectivity index is 2.37. The van der Waals surface area contributed by atoms with Crippen molar-refractivity contribution in [3.05, 3.63) is 0 Å². The van der Waals surface area contributed by atoms with Crippen LogP contribution in [-0.2, 0) is 0 Å². The van der Waals surface area contributed by atoms with Crippen LogP contribution in [0.3, 0.4) is 0 Å². The van der Waals surface area contributed by atoms with Crippen LogP contribution in [0.15, 0.2) is 0 Å². The van der Waals surface area contributed by atoms with Gasteiger partial charge in [-0.2, -0.15) is 0 Å². The summed E-state index contributed by atoms with van der Waals surface area (Å²) in [5.74, 6) is 0.873. The molecule has 1 aliphatic rings. The summed E-state index contributed by atoms with van der Waals surface area (Å²) in [6, 6.07) is 0. The van der Waals surface area contributed by atoms with Crippen molar-refractivity contribution in [2.24, 2.45) is 11.3 Å². The molecule has 1 saturated carbocycles. The topological polar surface area (TPSA) is 20.2 Å². The number of hydrogen-bond acceptors (Lipinski definition) is 1. The summed E-state index contributed by atoms with van der Waals surface area (Å²) >= 11 is 0. The molecule has 0 aromatic heterocycles. The Hall–Kier alpha value is -0.0400. The van der Waals surface area contributed by atoms with E-state index in [1.165, 1.54) is 38.5 Å². The molecule has 0 aromatic carbocycles. The summed E-state index contributed by atoms with van der Waals surface area (Å²) in [5, 5.41) is 9.61. The van der Waals surface area contributed by atoms with Gasteiger partial charge in [-0.15, -0.1) is 0 Å². The van der Waals surface area contributed by atoms with E-state index in [4.69, 9.17) is 0 Å². The molecule has 1 atom stereocenters. The minimum atomic E-state index is -0.172. The lowest BCUT2D eigenvalue weighted by Gasteiger charge is -2.34. The van der Waals surface area contributed by atoms with Crippen molar-refractivity contribution < 1.29 is 5.11 Å². The first-order chi connectivity index (χ1) is 6.02. The zero-order valence-corrected chi connectivity index (χ0v) is 9.34. The van der Waals surface area contributed by atoms with E-state index in [-0.39, 0.29) is 11.5 Å². The van der Waals surface area contributed by atoms with E-state index in [0.717, 1.165) is 5.92 Å².